The average Bonchev–Trinajstić information content (AvgIpc) is 2.84. The van der Waals surface area contributed by atoms with Crippen LogP contribution in [0.2, 0.25) is 0 Å². The maximum Gasteiger partial charge on any atom is 0.295 e. The van der Waals surface area contributed by atoms with Gasteiger partial charge in [-0.2, -0.15) is 0 Å². The summed E-state index contributed by atoms with van der Waals surface area (Å²) in [5.41, 5.74) is 2.98. The number of nitrogens with zero attached hydrogens (tertiary/aromatic N) is 2. The van der Waals surface area contributed by atoms with Crippen LogP contribution in [0, 0.1) is 13.8 Å². The zero-order valence-corrected chi connectivity index (χ0v) is 11.6. The van der Waals surface area contributed by atoms with Crippen LogP contribution >= 0.6 is 0 Å². The molecule has 5 nitrogen and oxygen atoms in total. The van der Waals surface area contributed by atoms with Crippen molar-refractivity contribution in [3.05, 3.63) is 41.0 Å². The lowest BCUT2D eigenvalue weighted by molar-refractivity contribution is 0.101. The molecule has 2 N–H and O–H groups in total. The summed E-state index contributed by atoms with van der Waals surface area (Å²) in [6.45, 7) is 7.97. The van der Waals surface area contributed by atoms with Crippen molar-refractivity contribution < 1.29 is 4.79 Å². The minimum Gasteiger partial charge on any atom is -0.319 e. The quantitative estimate of drug-likeness (QED) is 0.889. The number of aromatic nitrogens is 3. The normalized spacial score (nSPS) is 10.8. The first kappa shape index (κ1) is 13.3. The number of H-pyrrole nitrogens is 1. The number of carbonyl (C=O) groups is 1. The van der Waals surface area contributed by atoms with Crippen molar-refractivity contribution in [1.29, 1.82) is 0 Å². The molecule has 0 bridgehead atoms. The lowest BCUT2D eigenvalue weighted by Crippen LogP contribution is -2.15. The van der Waals surface area contributed by atoms with Crippen LogP contribution < -0.4 is 5.32 Å². The second-order valence-electron chi connectivity index (χ2n) is 4.90. The van der Waals surface area contributed by atoms with Gasteiger partial charge in [0.1, 0.15) is 5.82 Å². The number of amides is 1. The van der Waals surface area contributed by atoms with Gasteiger partial charge in [-0.25, -0.2) is 4.98 Å². The van der Waals surface area contributed by atoms with Crippen molar-refractivity contribution in [2.75, 3.05) is 5.32 Å². The minimum absolute atomic E-state index is 0.171. The molecule has 5 heteroatoms. The summed E-state index contributed by atoms with van der Waals surface area (Å²) in [7, 11) is 0. The van der Waals surface area contributed by atoms with Crippen molar-refractivity contribution in [3.63, 3.8) is 0 Å². The highest BCUT2D eigenvalue weighted by Crippen LogP contribution is 2.18. The van der Waals surface area contributed by atoms with Gasteiger partial charge in [0.25, 0.3) is 5.91 Å². The molecule has 0 spiro atoms. The summed E-state index contributed by atoms with van der Waals surface area (Å²) in [6, 6.07) is 5.79. The predicted octanol–water partition coefficient (Wildman–Crippen LogP) is 2.80. The number of hydrogen-bond acceptors (Lipinski definition) is 3. The van der Waals surface area contributed by atoms with Gasteiger partial charge in [-0.05, 0) is 31.0 Å². The van der Waals surface area contributed by atoms with Crippen LogP contribution in [-0.4, -0.2) is 21.1 Å². The Hall–Kier alpha value is -2.17. The van der Waals surface area contributed by atoms with E-state index in [0.29, 0.717) is 5.82 Å². The van der Waals surface area contributed by atoms with Crippen molar-refractivity contribution in [3.8, 4) is 0 Å². The summed E-state index contributed by atoms with van der Waals surface area (Å²) in [6.07, 6.45) is 0. The Bertz CT molecular complexity index is 601. The molecule has 0 saturated carbocycles. The summed E-state index contributed by atoms with van der Waals surface area (Å²) in [4.78, 5) is 16.2. The van der Waals surface area contributed by atoms with E-state index in [1.54, 1.807) is 0 Å². The van der Waals surface area contributed by atoms with Gasteiger partial charge in [-0.1, -0.05) is 26.0 Å². The summed E-state index contributed by atoms with van der Waals surface area (Å²) < 4.78 is 0. The molecule has 0 saturated heterocycles. The zero-order chi connectivity index (χ0) is 14.0. The molecule has 2 rings (SSSR count). The predicted molar refractivity (Wildman–Crippen MR) is 74.3 cm³/mol. The van der Waals surface area contributed by atoms with Crippen LogP contribution in [0.1, 0.15) is 47.3 Å². The number of carbonyl (C=O) groups excluding carboxylic acids is 1. The van der Waals surface area contributed by atoms with E-state index >= 15 is 0 Å². The van der Waals surface area contributed by atoms with E-state index < -0.39 is 0 Å². The van der Waals surface area contributed by atoms with Gasteiger partial charge in [0.2, 0.25) is 5.82 Å². The number of hydrogen-bond donors (Lipinski definition) is 2. The van der Waals surface area contributed by atoms with Crippen molar-refractivity contribution in [2.24, 2.45) is 0 Å². The Kier molecular flexibility index (Phi) is 3.64. The molecule has 0 aliphatic carbocycles. The Balaban J connectivity index is 2.18. The van der Waals surface area contributed by atoms with E-state index in [0.717, 1.165) is 16.8 Å². The smallest absolute Gasteiger partial charge is 0.295 e. The lowest BCUT2D eigenvalue weighted by Gasteiger charge is -2.08. The fraction of sp³-hybridized carbons (Fsp3) is 0.357. The van der Waals surface area contributed by atoms with Crippen LogP contribution in [-0.2, 0) is 0 Å². The van der Waals surface area contributed by atoms with Crippen molar-refractivity contribution in [2.45, 2.75) is 33.6 Å². The monoisotopic (exact) mass is 258 g/mol. The maximum atomic E-state index is 12.1. The molecule has 1 amide bonds. The second-order valence-corrected chi connectivity index (χ2v) is 4.90. The molecular weight excluding hydrogens is 240 g/mol. The molecule has 1 aromatic heterocycles. The molecule has 100 valence electrons. The minimum atomic E-state index is -0.295. The third-order valence-electron chi connectivity index (χ3n) is 3.11. The van der Waals surface area contributed by atoms with Crippen molar-refractivity contribution in [1.82, 2.24) is 15.2 Å². The molecule has 1 heterocycles. The Morgan fingerprint density at radius 3 is 2.68 bits per heavy atom. The molecule has 19 heavy (non-hydrogen) atoms. The highest BCUT2D eigenvalue weighted by molar-refractivity contribution is 6.02. The highest BCUT2D eigenvalue weighted by Gasteiger charge is 2.15. The molecule has 0 aliphatic rings. The SMILES string of the molecule is Cc1cccc(NC(=O)c2n[nH]c(C(C)C)n2)c1C. The van der Waals surface area contributed by atoms with Gasteiger partial charge in [0, 0.05) is 11.6 Å². The molecule has 1 aromatic carbocycles. The third-order valence-corrected chi connectivity index (χ3v) is 3.11. The number of aryl methyl sites for hydroxylation is 1. The van der Waals surface area contributed by atoms with E-state index in [1.165, 1.54) is 0 Å². The first-order valence-corrected chi connectivity index (χ1v) is 6.29. The summed E-state index contributed by atoms with van der Waals surface area (Å²) >= 11 is 0. The number of rotatable bonds is 3. The fourth-order valence-corrected chi connectivity index (χ4v) is 1.70. The van der Waals surface area contributed by atoms with Crippen LogP contribution in [0.3, 0.4) is 0 Å². The van der Waals surface area contributed by atoms with Gasteiger partial charge >= 0.3 is 0 Å². The average molecular weight is 258 g/mol. The van der Waals surface area contributed by atoms with Crippen LogP contribution in [0.15, 0.2) is 18.2 Å². The third kappa shape index (κ3) is 2.81. The molecule has 2 aromatic rings. The van der Waals surface area contributed by atoms with Crippen LogP contribution in [0.5, 0.6) is 0 Å². The van der Waals surface area contributed by atoms with E-state index in [4.69, 9.17) is 0 Å². The van der Waals surface area contributed by atoms with E-state index in [9.17, 15) is 4.79 Å². The summed E-state index contributed by atoms with van der Waals surface area (Å²) in [5, 5.41) is 9.55. The maximum absolute atomic E-state index is 12.1. The molecule has 0 aliphatic heterocycles. The lowest BCUT2D eigenvalue weighted by atomic mass is 10.1. The Morgan fingerprint density at radius 1 is 1.32 bits per heavy atom. The molecule has 0 atom stereocenters. The highest BCUT2D eigenvalue weighted by atomic mass is 16.2. The van der Waals surface area contributed by atoms with Gasteiger partial charge in [0.05, 0.1) is 0 Å². The van der Waals surface area contributed by atoms with Gasteiger partial charge in [-0.3, -0.25) is 9.89 Å². The Labute approximate surface area is 112 Å². The number of benzene rings is 1. The van der Waals surface area contributed by atoms with Gasteiger partial charge in [-0.15, -0.1) is 5.10 Å². The van der Waals surface area contributed by atoms with E-state index in [-0.39, 0.29) is 17.6 Å². The molecular formula is C14H18N4O. The standard InChI is InChI=1S/C14H18N4O/c1-8(2)12-16-13(18-17-12)14(19)15-11-7-5-6-9(3)10(11)4/h5-8H,1-4H3,(H,15,19)(H,16,17,18). The first-order valence-electron chi connectivity index (χ1n) is 6.29. The fourth-order valence-electron chi connectivity index (χ4n) is 1.70. The number of anilines is 1. The second kappa shape index (κ2) is 5.22. The number of nitrogens with one attached hydrogen (secondary N) is 2. The van der Waals surface area contributed by atoms with Crippen LogP contribution in [0.25, 0.3) is 0 Å². The molecule has 0 radical (unpaired) electrons. The Morgan fingerprint density at radius 2 is 2.05 bits per heavy atom. The van der Waals surface area contributed by atoms with E-state index in [1.807, 2.05) is 45.9 Å². The zero-order valence-electron chi connectivity index (χ0n) is 11.6. The van der Waals surface area contributed by atoms with Crippen molar-refractivity contribution >= 4 is 11.6 Å². The largest absolute Gasteiger partial charge is 0.319 e. The number of aromatic amines is 1. The topological polar surface area (TPSA) is 70.7 Å². The van der Waals surface area contributed by atoms with Crippen LogP contribution in [0.4, 0.5) is 5.69 Å². The first-order chi connectivity index (χ1) is 8.99. The van der Waals surface area contributed by atoms with Gasteiger partial charge in [0.15, 0.2) is 0 Å². The summed E-state index contributed by atoms with van der Waals surface area (Å²) in [5.74, 6) is 0.808. The van der Waals surface area contributed by atoms with Gasteiger partial charge < -0.3 is 5.32 Å². The molecule has 0 unspecified atom stereocenters. The molecule has 0 fully saturated rings. The van der Waals surface area contributed by atoms with E-state index in [2.05, 4.69) is 20.5 Å².